The predicted octanol–water partition coefficient (Wildman–Crippen LogP) is 1.23. The van der Waals surface area contributed by atoms with Crippen LogP contribution >= 0.6 is 0 Å². The molecule has 2 heterocycles. The molecule has 1 saturated heterocycles. The van der Waals surface area contributed by atoms with Crippen LogP contribution in [0.3, 0.4) is 0 Å². The number of aromatic nitrogens is 1. The van der Waals surface area contributed by atoms with E-state index < -0.39 is 25.6 Å². The fourth-order valence-electron chi connectivity index (χ4n) is 3.27. The van der Waals surface area contributed by atoms with E-state index in [1.165, 1.54) is 42.0 Å². The molecule has 1 fully saturated rings. The smallest absolute Gasteiger partial charge is 0.244 e. The fraction of sp³-hybridized carbons (Fsp3) is 0.389. The van der Waals surface area contributed by atoms with Gasteiger partial charge in [0.2, 0.25) is 20.0 Å². The Hall–Kier alpha value is -1.85. The molecule has 0 amide bonds. The van der Waals surface area contributed by atoms with Crippen molar-refractivity contribution in [3.8, 4) is 0 Å². The Bertz CT molecular complexity index is 998. The number of hydrogen-bond donors (Lipinski definition) is 1. The van der Waals surface area contributed by atoms with E-state index in [-0.39, 0.29) is 22.9 Å². The first-order chi connectivity index (χ1) is 13.3. The number of hydrogen-bond acceptors (Lipinski definition) is 6. The monoisotopic (exact) mass is 425 g/mol. The molecule has 0 saturated carbocycles. The molecule has 1 aliphatic heterocycles. The van der Waals surface area contributed by atoms with Crippen LogP contribution in [0, 0.1) is 0 Å². The standard InChI is InChI=1S/C18H23N3O5S2/c1-26-13-10-18(20-27(22,23)16-6-3-2-4-7-16)9-12-21(15-18)28(24,25)17-8-5-11-19-14-17/h2-8,11,14,20H,9-10,12-13,15H2,1H3. The SMILES string of the molecule is COCCC1(NS(=O)(=O)c2ccccc2)CCN(S(=O)(=O)c2cccnc2)C1. The quantitative estimate of drug-likeness (QED) is 0.682. The summed E-state index contributed by atoms with van der Waals surface area (Å²) in [5.41, 5.74) is -0.944. The number of nitrogens with zero attached hydrogens (tertiary/aromatic N) is 2. The first-order valence-electron chi connectivity index (χ1n) is 8.77. The highest BCUT2D eigenvalue weighted by Crippen LogP contribution is 2.31. The zero-order valence-corrected chi connectivity index (χ0v) is 17.1. The molecule has 1 N–H and O–H groups in total. The summed E-state index contributed by atoms with van der Waals surface area (Å²) >= 11 is 0. The average Bonchev–Trinajstić information content (AvgIpc) is 3.12. The van der Waals surface area contributed by atoms with Gasteiger partial charge in [0.25, 0.3) is 0 Å². The molecule has 1 unspecified atom stereocenters. The third kappa shape index (κ3) is 4.41. The average molecular weight is 426 g/mol. The highest BCUT2D eigenvalue weighted by molar-refractivity contribution is 7.89. The molecular weight excluding hydrogens is 402 g/mol. The molecular formula is C18H23N3O5S2. The molecule has 1 aromatic carbocycles. The zero-order chi connectivity index (χ0) is 20.3. The van der Waals surface area contributed by atoms with E-state index in [1.54, 1.807) is 24.3 Å². The van der Waals surface area contributed by atoms with Gasteiger partial charge in [0.15, 0.2) is 0 Å². The van der Waals surface area contributed by atoms with Gasteiger partial charge in [-0.05, 0) is 37.1 Å². The van der Waals surface area contributed by atoms with Gasteiger partial charge >= 0.3 is 0 Å². The van der Waals surface area contributed by atoms with Gasteiger partial charge in [0, 0.05) is 39.2 Å². The van der Waals surface area contributed by atoms with E-state index in [0.717, 1.165) is 0 Å². The van der Waals surface area contributed by atoms with Crippen LogP contribution < -0.4 is 4.72 Å². The van der Waals surface area contributed by atoms with Crippen molar-refractivity contribution < 1.29 is 21.6 Å². The highest BCUT2D eigenvalue weighted by Gasteiger charge is 2.45. The number of nitrogens with one attached hydrogen (secondary N) is 1. The summed E-state index contributed by atoms with van der Waals surface area (Å²) in [5.74, 6) is 0. The fourth-order valence-corrected chi connectivity index (χ4v) is 6.23. The summed E-state index contributed by atoms with van der Waals surface area (Å²) in [6.07, 6.45) is 3.50. The Morgan fingerprint density at radius 2 is 1.82 bits per heavy atom. The van der Waals surface area contributed by atoms with Crippen molar-refractivity contribution in [2.24, 2.45) is 0 Å². The van der Waals surface area contributed by atoms with Gasteiger partial charge in [0.05, 0.1) is 10.4 Å². The number of rotatable bonds is 8. The maximum atomic E-state index is 12.9. The Morgan fingerprint density at radius 3 is 2.46 bits per heavy atom. The van der Waals surface area contributed by atoms with Crippen LogP contribution in [0.25, 0.3) is 0 Å². The molecule has 2 aromatic rings. The first kappa shape index (κ1) is 20.9. The van der Waals surface area contributed by atoms with Crippen molar-refractivity contribution in [2.45, 2.75) is 28.2 Å². The Labute approximate surface area is 165 Å². The van der Waals surface area contributed by atoms with Crippen LogP contribution in [0.5, 0.6) is 0 Å². The van der Waals surface area contributed by atoms with E-state index in [0.29, 0.717) is 19.4 Å². The van der Waals surface area contributed by atoms with Crippen LogP contribution in [-0.2, 0) is 24.8 Å². The summed E-state index contributed by atoms with van der Waals surface area (Å²) in [6.45, 7) is 0.538. The van der Waals surface area contributed by atoms with Gasteiger partial charge in [-0.1, -0.05) is 18.2 Å². The molecule has 1 aliphatic rings. The van der Waals surface area contributed by atoms with Gasteiger partial charge in [0.1, 0.15) is 4.90 Å². The number of sulfonamides is 2. The second-order valence-corrected chi connectivity index (χ2v) is 10.3. The number of pyridine rings is 1. The number of ether oxygens (including phenoxy) is 1. The minimum absolute atomic E-state index is 0.0274. The number of methoxy groups -OCH3 is 1. The molecule has 1 atom stereocenters. The van der Waals surface area contributed by atoms with E-state index in [4.69, 9.17) is 4.74 Å². The Morgan fingerprint density at radius 1 is 1.11 bits per heavy atom. The lowest BCUT2D eigenvalue weighted by Crippen LogP contribution is -2.51. The summed E-state index contributed by atoms with van der Waals surface area (Å²) in [5, 5.41) is 0. The van der Waals surface area contributed by atoms with E-state index in [1.807, 2.05) is 0 Å². The lowest BCUT2D eigenvalue weighted by molar-refractivity contribution is 0.165. The third-order valence-corrected chi connectivity index (χ3v) is 8.20. The highest BCUT2D eigenvalue weighted by atomic mass is 32.2. The molecule has 3 rings (SSSR count). The van der Waals surface area contributed by atoms with Crippen molar-refractivity contribution in [2.75, 3.05) is 26.8 Å². The van der Waals surface area contributed by atoms with E-state index >= 15 is 0 Å². The van der Waals surface area contributed by atoms with Crippen LogP contribution in [0.1, 0.15) is 12.8 Å². The third-order valence-electron chi connectivity index (χ3n) is 4.78. The molecule has 0 radical (unpaired) electrons. The minimum Gasteiger partial charge on any atom is -0.385 e. The van der Waals surface area contributed by atoms with Gasteiger partial charge in [-0.2, -0.15) is 4.31 Å². The molecule has 0 aliphatic carbocycles. The topological polar surface area (TPSA) is 106 Å². The van der Waals surface area contributed by atoms with Crippen LogP contribution in [-0.4, -0.2) is 58.5 Å². The molecule has 1 aromatic heterocycles. The van der Waals surface area contributed by atoms with Crippen molar-refractivity contribution in [1.82, 2.24) is 14.0 Å². The molecule has 8 nitrogen and oxygen atoms in total. The van der Waals surface area contributed by atoms with Crippen molar-refractivity contribution in [3.63, 3.8) is 0 Å². The maximum absolute atomic E-state index is 12.9. The maximum Gasteiger partial charge on any atom is 0.244 e. The lowest BCUT2D eigenvalue weighted by Gasteiger charge is -2.30. The summed E-state index contributed by atoms with van der Waals surface area (Å²) in [4.78, 5) is 4.10. The zero-order valence-electron chi connectivity index (χ0n) is 15.5. The summed E-state index contributed by atoms with van der Waals surface area (Å²) in [6, 6.07) is 11.1. The summed E-state index contributed by atoms with van der Waals surface area (Å²) < 4.78 is 60.7. The predicted molar refractivity (Wildman–Crippen MR) is 104 cm³/mol. The molecule has 0 bridgehead atoms. The largest absolute Gasteiger partial charge is 0.385 e. The Kier molecular flexibility index (Phi) is 6.15. The minimum atomic E-state index is -3.81. The van der Waals surface area contributed by atoms with E-state index in [9.17, 15) is 16.8 Å². The van der Waals surface area contributed by atoms with E-state index in [2.05, 4.69) is 9.71 Å². The Balaban J connectivity index is 1.87. The lowest BCUT2D eigenvalue weighted by atomic mass is 9.96. The molecule has 0 spiro atoms. The van der Waals surface area contributed by atoms with Crippen molar-refractivity contribution >= 4 is 20.0 Å². The normalized spacial score (nSPS) is 21.0. The van der Waals surface area contributed by atoms with Gasteiger partial charge in [-0.3, -0.25) is 4.98 Å². The van der Waals surface area contributed by atoms with Gasteiger partial charge in [-0.15, -0.1) is 0 Å². The second kappa shape index (κ2) is 8.26. The van der Waals surface area contributed by atoms with Gasteiger partial charge in [-0.25, -0.2) is 21.6 Å². The van der Waals surface area contributed by atoms with Crippen LogP contribution in [0.2, 0.25) is 0 Å². The summed E-state index contributed by atoms with van der Waals surface area (Å²) in [7, 11) is -6.04. The number of benzene rings is 1. The van der Waals surface area contributed by atoms with Crippen molar-refractivity contribution in [1.29, 1.82) is 0 Å². The molecule has 28 heavy (non-hydrogen) atoms. The van der Waals surface area contributed by atoms with Crippen LogP contribution in [0.15, 0.2) is 64.6 Å². The molecule has 152 valence electrons. The van der Waals surface area contributed by atoms with Crippen molar-refractivity contribution in [3.05, 3.63) is 54.9 Å². The van der Waals surface area contributed by atoms with Crippen LogP contribution in [0.4, 0.5) is 0 Å². The second-order valence-electron chi connectivity index (χ2n) is 6.72. The first-order valence-corrected chi connectivity index (χ1v) is 11.7. The van der Waals surface area contributed by atoms with Gasteiger partial charge < -0.3 is 4.74 Å². The molecule has 10 heteroatoms.